The first-order valence-corrected chi connectivity index (χ1v) is 10.2. The monoisotopic (exact) mass is 333 g/mol. The lowest BCUT2D eigenvalue weighted by molar-refractivity contribution is -0.157. The van der Waals surface area contributed by atoms with E-state index in [1.165, 1.54) is 32.1 Å². The lowest BCUT2D eigenvalue weighted by Gasteiger charge is -2.35. The molecule has 2 aliphatic rings. The Morgan fingerprint density at radius 2 is 1.75 bits per heavy atom. The highest BCUT2D eigenvalue weighted by atomic mass is 16.5. The fourth-order valence-corrected chi connectivity index (χ4v) is 4.59. The van der Waals surface area contributed by atoms with Gasteiger partial charge >= 0.3 is 5.97 Å². The second-order valence-corrected chi connectivity index (χ2v) is 8.14. The number of unbranched alkanes of at least 4 members (excludes halogenated alkanes) is 1. The molecule has 0 aromatic heterocycles. The van der Waals surface area contributed by atoms with E-state index in [2.05, 4.69) is 19.9 Å². The number of ether oxygens (including phenoxy) is 1. The molecule has 2 aliphatic carbocycles. The van der Waals surface area contributed by atoms with Gasteiger partial charge in [0.1, 0.15) is 6.10 Å². The SMILES string of the molecule is CCCC[C@H]1CC[C@H](OC(=O)[C@H]2CC[C@](C#N)(CCC)CC2)CC1. The van der Waals surface area contributed by atoms with Crippen LogP contribution in [0.2, 0.25) is 0 Å². The van der Waals surface area contributed by atoms with Gasteiger partial charge in [0.15, 0.2) is 0 Å². The van der Waals surface area contributed by atoms with E-state index in [0.29, 0.717) is 0 Å². The van der Waals surface area contributed by atoms with E-state index in [4.69, 9.17) is 4.74 Å². The summed E-state index contributed by atoms with van der Waals surface area (Å²) in [5, 5.41) is 9.48. The zero-order valence-corrected chi connectivity index (χ0v) is 15.7. The Morgan fingerprint density at radius 1 is 1.08 bits per heavy atom. The summed E-state index contributed by atoms with van der Waals surface area (Å²) in [6.45, 7) is 4.38. The summed E-state index contributed by atoms with van der Waals surface area (Å²) < 4.78 is 5.82. The summed E-state index contributed by atoms with van der Waals surface area (Å²) in [5.74, 6) is 0.885. The van der Waals surface area contributed by atoms with Crippen molar-refractivity contribution in [3.8, 4) is 6.07 Å². The Labute approximate surface area is 148 Å². The molecule has 3 heteroatoms. The molecular weight excluding hydrogens is 298 g/mol. The molecule has 0 aromatic carbocycles. The van der Waals surface area contributed by atoms with Crippen molar-refractivity contribution in [2.75, 3.05) is 0 Å². The third-order valence-corrected chi connectivity index (χ3v) is 6.28. The summed E-state index contributed by atoms with van der Waals surface area (Å²) in [5.41, 5.74) is -0.178. The van der Waals surface area contributed by atoms with Crippen LogP contribution in [0.3, 0.4) is 0 Å². The summed E-state index contributed by atoms with van der Waals surface area (Å²) in [7, 11) is 0. The fraction of sp³-hybridized carbons (Fsp3) is 0.905. The Morgan fingerprint density at radius 3 is 2.29 bits per heavy atom. The minimum Gasteiger partial charge on any atom is -0.462 e. The van der Waals surface area contributed by atoms with Crippen molar-refractivity contribution < 1.29 is 9.53 Å². The smallest absolute Gasteiger partial charge is 0.309 e. The molecule has 0 aromatic rings. The van der Waals surface area contributed by atoms with Crippen molar-refractivity contribution >= 4 is 5.97 Å². The average molecular weight is 334 g/mol. The van der Waals surface area contributed by atoms with Crippen LogP contribution in [0.25, 0.3) is 0 Å². The largest absolute Gasteiger partial charge is 0.462 e. The average Bonchev–Trinajstić information content (AvgIpc) is 2.62. The summed E-state index contributed by atoms with van der Waals surface area (Å²) in [4.78, 5) is 12.5. The van der Waals surface area contributed by atoms with Gasteiger partial charge in [0.25, 0.3) is 0 Å². The van der Waals surface area contributed by atoms with Gasteiger partial charge in [-0.1, -0.05) is 39.5 Å². The van der Waals surface area contributed by atoms with Crippen molar-refractivity contribution in [3.05, 3.63) is 0 Å². The second kappa shape index (κ2) is 9.44. The maximum Gasteiger partial charge on any atom is 0.309 e. The van der Waals surface area contributed by atoms with Crippen LogP contribution in [-0.4, -0.2) is 12.1 Å². The first-order chi connectivity index (χ1) is 11.6. The van der Waals surface area contributed by atoms with Gasteiger partial charge in [-0.15, -0.1) is 0 Å². The Hall–Kier alpha value is -1.04. The number of hydrogen-bond acceptors (Lipinski definition) is 3. The predicted molar refractivity (Wildman–Crippen MR) is 96.3 cm³/mol. The molecule has 0 radical (unpaired) electrons. The van der Waals surface area contributed by atoms with E-state index in [1.807, 2.05) is 0 Å². The lowest BCUT2D eigenvalue weighted by Crippen LogP contribution is -2.33. The molecule has 2 fully saturated rings. The van der Waals surface area contributed by atoms with Crippen molar-refractivity contribution in [2.45, 2.75) is 103 Å². The number of carbonyl (C=O) groups is 1. The number of rotatable bonds is 7. The highest BCUT2D eigenvalue weighted by Gasteiger charge is 2.38. The first kappa shape index (κ1) is 19.3. The lowest BCUT2D eigenvalue weighted by atomic mass is 9.69. The van der Waals surface area contributed by atoms with Gasteiger partial charge in [-0.05, 0) is 63.7 Å². The summed E-state index contributed by atoms with van der Waals surface area (Å²) >= 11 is 0. The molecule has 2 saturated carbocycles. The zero-order valence-electron chi connectivity index (χ0n) is 15.7. The molecule has 0 bridgehead atoms. The zero-order chi connectivity index (χ0) is 17.4. The molecule has 0 heterocycles. The molecule has 24 heavy (non-hydrogen) atoms. The fourth-order valence-electron chi connectivity index (χ4n) is 4.59. The molecule has 0 aliphatic heterocycles. The van der Waals surface area contributed by atoms with Crippen molar-refractivity contribution in [1.29, 1.82) is 5.26 Å². The van der Waals surface area contributed by atoms with Crippen molar-refractivity contribution in [3.63, 3.8) is 0 Å². The first-order valence-electron chi connectivity index (χ1n) is 10.2. The van der Waals surface area contributed by atoms with Gasteiger partial charge in [0.2, 0.25) is 0 Å². The normalized spacial score (nSPS) is 33.6. The Balaban J connectivity index is 1.72. The molecule has 0 atom stereocenters. The van der Waals surface area contributed by atoms with Crippen LogP contribution in [0.15, 0.2) is 0 Å². The van der Waals surface area contributed by atoms with Gasteiger partial charge in [-0.25, -0.2) is 0 Å². The van der Waals surface area contributed by atoms with Gasteiger partial charge < -0.3 is 4.74 Å². The Kier molecular flexibility index (Phi) is 7.59. The van der Waals surface area contributed by atoms with Gasteiger partial charge in [0, 0.05) is 0 Å². The second-order valence-electron chi connectivity index (χ2n) is 8.14. The van der Waals surface area contributed by atoms with Crippen LogP contribution < -0.4 is 0 Å². The number of nitriles is 1. The van der Waals surface area contributed by atoms with Crippen LogP contribution in [-0.2, 0) is 9.53 Å². The number of carbonyl (C=O) groups excluding carboxylic acids is 1. The third kappa shape index (κ3) is 5.23. The highest BCUT2D eigenvalue weighted by molar-refractivity contribution is 5.72. The highest BCUT2D eigenvalue weighted by Crippen LogP contribution is 2.42. The number of esters is 1. The molecule has 2 rings (SSSR count). The molecular formula is C21H35NO2. The van der Waals surface area contributed by atoms with Crippen LogP contribution in [0.1, 0.15) is 97.3 Å². The molecule has 0 spiro atoms. The molecule has 0 N–H and O–H groups in total. The van der Waals surface area contributed by atoms with Crippen LogP contribution in [0, 0.1) is 28.6 Å². The van der Waals surface area contributed by atoms with E-state index in [-0.39, 0.29) is 23.4 Å². The molecule has 136 valence electrons. The topological polar surface area (TPSA) is 50.1 Å². The third-order valence-electron chi connectivity index (χ3n) is 6.28. The van der Waals surface area contributed by atoms with E-state index in [1.54, 1.807) is 0 Å². The maximum atomic E-state index is 12.5. The summed E-state index contributed by atoms with van der Waals surface area (Å²) in [6, 6.07) is 2.53. The van der Waals surface area contributed by atoms with E-state index < -0.39 is 0 Å². The van der Waals surface area contributed by atoms with Crippen molar-refractivity contribution in [1.82, 2.24) is 0 Å². The van der Waals surface area contributed by atoms with Crippen LogP contribution >= 0.6 is 0 Å². The summed E-state index contributed by atoms with van der Waals surface area (Å²) in [6.07, 6.45) is 14.0. The Bertz CT molecular complexity index is 424. The standard InChI is InChI=1S/C21H35NO2/c1-3-5-6-17-7-9-19(10-8-17)24-20(23)18-11-14-21(16-22,13-4-2)15-12-18/h17-19H,3-15H2,1-2H3/t17-,18-,19-,21+. The van der Waals surface area contributed by atoms with E-state index >= 15 is 0 Å². The van der Waals surface area contributed by atoms with Crippen LogP contribution in [0.5, 0.6) is 0 Å². The maximum absolute atomic E-state index is 12.5. The van der Waals surface area contributed by atoms with E-state index in [9.17, 15) is 10.1 Å². The van der Waals surface area contributed by atoms with Crippen LogP contribution in [0.4, 0.5) is 0 Å². The van der Waals surface area contributed by atoms with Gasteiger partial charge in [0.05, 0.1) is 17.4 Å². The molecule has 0 unspecified atom stereocenters. The molecule has 3 nitrogen and oxygen atoms in total. The van der Waals surface area contributed by atoms with Gasteiger partial charge in [-0.3, -0.25) is 4.79 Å². The quantitative estimate of drug-likeness (QED) is 0.555. The van der Waals surface area contributed by atoms with Gasteiger partial charge in [-0.2, -0.15) is 5.26 Å². The molecule has 0 saturated heterocycles. The van der Waals surface area contributed by atoms with E-state index in [0.717, 1.165) is 57.3 Å². The number of hydrogen-bond donors (Lipinski definition) is 0. The predicted octanol–water partition coefficient (Wildman–Crippen LogP) is 5.78. The minimum absolute atomic E-state index is 0.00930. The number of nitrogens with zero attached hydrogens (tertiary/aromatic N) is 1. The van der Waals surface area contributed by atoms with Crippen molar-refractivity contribution in [2.24, 2.45) is 17.3 Å². The molecule has 0 amide bonds. The minimum atomic E-state index is -0.178.